The third-order valence-electron chi connectivity index (χ3n) is 5.77. The Balaban J connectivity index is 1.51. The minimum atomic E-state index is -3.79. The van der Waals surface area contributed by atoms with Crippen molar-refractivity contribution in [3.63, 3.8) is 0 Å². The first-order valence-corrected chi connectivity index (χ1v) is 12.9. The number of rotatable bonds is 7. The van der Waals surface area contributed by atoms with Gasteiger partial charge >= 0.3 is 0 Å². The highest BCUT2D eigenvalue weighted by Crippen LogP contribution is 2.30. The first-order valence-electron chi connectivity index (χ1n) is 11.0. The van der Waals surface area contributed by atoms with Crippen molar-refractivity contribution in [1.29, 1.82) is 0 Å². The van der Waals surface area contributed by atoms with Crippen LogP contribution in [0.25, 0.3) is 0 Å². The molecule has 1 fully saturated rings. The zero-order chi connectivity index (χ0) is 24.1. The van der Waals surface area contributed by atoms with Gasteiger partial charge in [-0.2, -0.15) is 0 Å². The monoisotopic (exact) mass is 498 g/mol. The van der Waals surface area contributed by atoms with Crippen molar-refractivity contribution in [2.75, 3.05) is 43.4 Å². The van der Waals surface area contributed by atoms with Crippen molar-refractivity contribution < 1.29 is 13.2 Å². The van der Waals surface area contributed by atoms with Crippen molar-refractivity contribution in [2.45, 2.75) is 11.4 Å². The summed E-state index contributed by atoms with van der Waals surface area (Å²) < 4.78 is 28.2. The molecular formula is C25H27ClN4O3S. The summed E-state index contributed by atoms with van der Waals surface area (Å²) in [4.78, 5) is 17.6. The van der Waals surface area contributed by atoms with E-state index in [1.165, 1.54) is 12.1 Å². The van der Waals surface area contributed by atoms with E-state index in [0.717, 1.165) is 37.4 Å². The van der Waals surface area contributed by atoms with Gasteiger partial charge in [0.05, 0.1) is 16.3 Å². The van der Waals surface area contributed by atoms with Crippen LogP contribution in [0.15, 0.2) is 77.7 Å². The molecule has 0 radical (unpaired) electrons. The summed E-state index contributed by atoms with van der Waals surface area (Å²) in [6.45, 7) is 3.68. The largest absolute Gasteiger partial charge is 0.367 e. The highest BCUT2D eigenvalue weighted by molar-refractivity contribution is 7.89. The lowest BCUT2D eigenvalue weighted by Crippen LogP contribution is -2.44. The van der Waals surface area contributed by atoms with E-state index in [1.54, 1.807) is 24.3 Å². The summed E-state index contributed by atoms with van der Waals surface area (Å²) in [5.74, 6) is -0.405. The van der Waals surface area contributed by atoms with E-state index in [1.807, 2.05) is 36.4 Å². The standard InChI is InChI=1S/C25H27ClN4O3S/c1-29-12-14-30(15-13-29)24-11-10-21(26)17-23(24)28-25(31)20-8-5-9-22(16-20)34(32,33)27-18-19-6-3-2-4-7-19/h2-11,16-17,27H,12-15,18H2,1H3,(H,28,31). The van der Waals surface area contributed by atoms with Crippen LogP contribution in [0.2, 0.25) is 5.02 Å². The normalized spacial score (nSPS) is 14.7. The van der Waals surface area contributed by atoms with Gasteiger partial charge < -0.3 is 15.1 Å². The molecule has 9 heteroatoms. The number of likely N-dealkylation sites (N-methyl/N-ethyl adjacent to an activating group) is 1. The molecule has 3 aromatic rings. The molecule has 178 valence electrons. The summed E-state index contributed by atoms with van der Waals surface area (Å²) in [6, 6.07) is 20.7. The molecule has 1 heterocycles. The summed E-state index contributed by atoms with van der Waals surface area (Å²) in [5, 5.41) is 3.43. The van der Waals surface area contributed by atoms with Gasteiger partial charge in [-0.15, -0.1) is 0 Å². The number of hydrogen-bond acceptors (Lipinski definition) is 5. The summed E-state index contributed by atoms with van der Waals surface area (Å²) >= 11 is 6.21. The fourth-order valence-electron chi connectivity index (χ4n) is 3.79. The SMILES string of the molecule is CN1CCN(c2ccc(Cl)cc2NC(=O)c2cccc(S(=O)(=O)NCc3ccccc3)c2)CC1. The number of nitrogens with zero attached hydrogens (tertiary/aromatic N) is 2. The number of nitrogens with one attached hydrogen (secondary N) is 2. The maximum absolute atomic E-state index is 13.1. The number of sulfonamides is 1. The van der Waals surface area contributed by atoms with Gasteiger partial charge in [0.2, 0.25) is 10.0 Å². The van der Waals surface area contributed by atoms with E-state index >= 15 is 0 Å². The molecule has 0 saturated carbocycles. The lowest BCUT2D eigenvalue weighted by Gasteiger charge is -2.35. The molecule has 34 heavy (non-hydrogen) atoms. The Morgan fingerprint density at radius 1 is 0.941 bits per heavy atom. The minimum absolute atomic E-state index is 0.0291. The second kappa shape index (κ2) is 10.6. The van der Waals surface area contributed by atoms with E-state index in [9.17, 15) is 13.2 Å². The number of carbonyl (C=O) groups is 1. The van der Waals surface area contributed by atoms with E-state index in [-0.39, 0.29) is 17.0 Å². The molecule has 0 atom stereocenters. The third-order valence-corrected chi connectivity index (χ3v) is 7.40. The lowest BCUT2D eigenvalue weighted by molar-refractivity contribution is 0.102. The summed E-state index contributed by atoms with van der Waals surface area (Å²) in [7, 11) is -1.71. The Morgan fingerprint density at radius 2 is 1.68 bits per heavy atom. The summed E-state index contributed by atoms with van der Waals surface area (Å²) in [5.41, 5.74) is 2.57. The Labute approximate surface area is 205 Å². The van der Waals surface area contributed by atoms with Crippen LogP contribution in [0.5, 0.6) is 0 Å². The molecule has 0 unspecified atom stereocenters. The molecule has 4 rings (SSSR count). The van der Waals surface area contributed by atoms with Gasteiger partial charge in [-0.05, 0) is 49.0 Å². The van der Waals surface area contributed by atoms with Crippen LogP contribution in [-0.2, 0) is 16.6 Å². The van der Waals surface area contributed by atoms with Gasteiger partial charge in [0.25, 0.3) is 5.91 Å². The van der Waals surface area contributed by atoms with Crippen molar-refractivity contribution in [3.8, 4) is 0 Å². The Bertz CT molecular complexity index is 1260. The molecule has 0 spiro atoms. The van der Waals surface area contributed by atoms with Gasteiger partial charge in [0.15, 0.2) is 0 Å². The first-order chi connectivity index (χ1) is 16.3. The quantitative estimate of drug-likeness (QED) is 0.517. The molecule has 0 aromatic heterocycles. The third kappa shape index (κ3) is 5.95. The topological polar surface area (TPSA) is 81.8 Å². The van der Waals surface area contributed by atoms with Crippen LogP contribution < -0.4 is 14.9 Å². The fraction of sp³-hybridized carbons (Fsp3) is 0.240. The number of carbonyl (C=O) groups excluding carboxylic acids is 1. The van der Waals surface area contributed by atoms with Crippen LogP contribution in [-0.4, -0.2) is 52.5 Å². The molecule has 3 aromatic carbocycles. The number of anilines is 2. The number of halogens is 1. The Hall–Kier alpha value is -2.91. The van der Waals surface area contributed by atoms with Crippen molar-refractivity contribution in [2.24, 2.45) is 0 Å². The predicted octanol–water partition coefficient (Wildman–Crippen LogP) is 3.82. The highest BCUT2D eigenvalue weighted by atomic mass is 35.5. The van der Waals surface area contributed by atoms with Crippen LogP contribution in [0.1, 0.15) is 15.9 Å². The number of benzene rings is 3. The maximum atomic E-state index is 13.1. The molecule has 1 aliphatic rings. The lowest BCUT2D eigenvalue weighted by atomic mass is 10.1. The van der Waals surface area contributed by atoms with Crippen LogP contribution in [0.4, 0.5) is 11.4 Å². The predicted molar refractivity (Wildman–Crippen MR) is 136 cm³/mol. The van der Waals surface area contributed by atoms with Crippen LogP contribution in [0, 0.1) is 0 Å². The second-order valence-corrected chi connectivity index (χ2v) is 10.4. The minimum Gasteiger partial charge on any atom is -0.367 e. The van der Waals surface area contributed by atoms with Crippen molar-refractivity contribution in [3.05, 3.63) is 88.9 Å². The molecule has 0 bridgehead atoms. The first kappa shape index (κ1) is 24.2. The maximum Gasteiger partial charge on any atom is 0.255 e. The Kier molecular flexibility index (Phi) is 7.53. The number of piperazine rings is 1. The van der Waals surface area contributed by atoms with E-state index in [4.69, 9.17) is 11.6 Å². The van der Waals surface area contributed by atoms with Gasteiger partial charge in [-0.25, -0.2) is 13.1 Å². The zero-order valence-electron chi connectivity index (χ0n) is 18.9. The van der Waals surface area contributed by atoms with Crippen LogP contribution >= 0.6 is 11.6 Å². The molecule has 0 aliphatic carbocycles. The average molecular weight is 499 g/mol. The van der Waals surface area contributed by atoms with Gasteiger partial charge in [-0.1, -0.05) is 48.0 Å². The second-order valence-electron chi connectivity index (χ2n) is 8.24. The van der Waals surface area contributed by atoms with E-state index in [0.29, 0.717) is 10.7 Å². The van der Waals surface area contributed by atoms with Crippen molar-refractivity contribution in [1.82, 2.24) is 9.62 Å². The molecule has 7 nitrogen and oxygen atoms in total. The van der Waals surface area contributed by atoms with Gasteiger partial charge in [0, 0.05) is 43.3 Å². The number of amides is 1. The fourth-order valence-corrected chi connectivity index (χ4v) is 5.02. The zero-order valence-corrected chi connectivity index (χ0v) is 20.4. The van der Waals surface area contributed by atoms with Crippen LogP contribution in [0.3, 0.4) is 0 Å². The Morgan fingerprint density at radius 3 is 2.41 bits per heavy atom. The van der Waals surface area contributed by atoms with E-state index < -0.39 is 15.9 Å². The van der Waals surface area contributed by atoms with Crippen molar-refractivity contribution >= 4 is 38.9 Å². The van der Waals surface area contributed by atoms with Gasteiger partial charge in [0.1, 0.15) is 0 Å². The smallest absolute Gasteiger partial charge is 0.255 e. The molecule has 1 aliphatic heterocycles. The molecule has 2 N–H and O–H groups in total. The average Bonchev–Trinajstić information content (AvgIpc) is 2.84. The number of hydrogen-bond donors (Lipinski definition) is 2. The molecular weight excluding hydrogens is 472 g/mol. The molecule has 1 saturated heterocycles. The highest BCUT2D eigenvalue weighted by Gasteiger charge is 2.20. The summed E-state index contributed by atoms with van der Waals surface area (Å²) in [6.07, 6.45) is 0. The van der Waals surface area contributed by atoms with Gasteiger partial charge in [-0.3, -0.25) is 4.79 Å². The van der Waals surface area contributed by atoms with E-state index in [2.05, 4.69) is 26.9 Å². The molecule has 1 amide bonds.